The van der Waals surface area contributed by atoms with E-state index in [4.69, 9.17) is 15.0 Å². The second-order valence-electron chi connectivity index (χ2n) is 16.1. The van der Waals surface area contributed by atoms with Gasteiger partial charge in [0, 0.05) is 55.2 Å². The van der Waals surface area contributed by atoms with Crippen LogP contribution >= 0.6 is 0 Å². The molecule has 0 saturated heterocycles. The Bertz CT molecular complexity index is 3530. The molecule has 0 N–H and O–H groups in total. The molecular formula is C58H39N5. The highest BCUT2D eigenvalue weighted by molar-refractivity contribution is 6.14. The summed E-state index contributed by atoms with van der Waals surface area (Å²) in [5, 5.41) is 4.98. The predicted molar refractivity (Wildman–Crippen MR) is 259 cm³/mol. The number of rotatable bonds is 8. The normalized spacial score (nSPS) is 11.6. The molecule has 0 bridgehead atoms. The van der Waals surface area contributed by atoms with Gasteiger partial charge in [0.15, 0.2) is 17.5 Å². The average Bonchev–Trinajstić information content (AvgIpc) is 3.88. The van der Waals surface area contributed by atoms with Crippen LogP contribution in [0.3, 0.4) is 0 Å². The summed E-state index contributed by atoms with van der Waals surface area (Å²) in [7, 11) is 0. The Balaban J connectivity index is 0.913. The molecule has 5 nitrogen and oxygen atoms in total. The van der Waals surface area contributed by atoms with Gasteiger partial charge in [0.25, 0.3) is 0 Å². The quantitative estimate of drug-likeness (QED) is 0.154. The summed E-state index contributed by atoms with van der Waals surface area (Å²) >= 11 is 0. The van der Waals surface area contributed by atoms with Crippen LogP contribution in [0.15, 0.2) is 224 Å². The SMILES string of the molecule is c1ccc(-c2nc(-c3ccccc3)nc(-c3cccc(Cc4ccc(-n5c6ccccc6c6cccc(-c7cccc(-n8c9ccccc9c9ccccc98)c7)c65)cc4)c3)n2)cc1. The molecule has 5 heteroatoms. The Morgan fingerprint density at radius 2 is 0.778 bits per heavy atom. The van der Waals surface area contributed by atoms with E-state index in [0.717, 1.165) is 34.5 Å². The van der Waals surface area contributed by atoms with Gasteiger partial charge in [0.1, 0.15) is 0 Å². The number of benzene rings is 9. The van der Waals surface area contributed by atoms with Crippen LogP contribution in [0.1, 0.15) is 11.1 Å². The molecule has 3 heterocycles. The zero-order valence-electron chi connectivity index (χ0n) is 34.3. The first-order valence-electron chi connectivity index (χ1n) is 21.4. The van der Waals surface area contributed by atoms with Crippen molar-refractivity contribution in [1.82, 2.24) is 24.1 Å². The third-order valence-corrected chi connectivity index (χ3v) is 12.2. The van der Waals surface area contributed by atoms with E-state index in [0.29, 0.717) is 17.5 Å². The minimum absolute atomic E-state index is 0.655. The molecule has 0 fully saturated rings. The summed E-state index contributed by atoms with van der Waals surface area (Å²) in [6.07, 6.45) is 0.768. The van der Waals surface area contributed by atoms with Gasteiger partial charge in [-0.25, -0.2) is 15.0 Å². The van der Waals surface area contributed by atoms with Gasteiger partial charge in [-0.15, -0.1) is 0 Å². The zero-order chi connectivity index (χ0) is 41.7. The monoisotopic (exact) mass is 805 g/mol. The summed E-state index contributed by atoms with van der Waals surface area (Å²) < 4.78 is 4.83. The van der Waals surface area contributed by atoms with Crippen molar-refractivity contribution in [3.8, 4) is 56.7 Å². The van der Waals surface area contributed by atoms with Gasteiger partial charge in [-0.05, 0) is 71.6 Å². The highest BCUT2D eigenvalue weighted by Crippen LogP contribution is 2.40. The number of nitrogens with zero attached hydrogens (tertiary/aromatic N) is 5. The van der Waals surface area contributed by atoms with E-state index < -0.39 is 0 Å². The van der Waals surface area contributed by atoms with Gasteiger partial charge >= 0.3 is 0 Å². The van der Waals surface area contributed by atoms with Crippen molar-refractivity contribution in [2.45, 2.75) is 6.42 Å². The van der Waals surface area contributed by atoms with Gasteiger partial charge in [-0.3, -0.25) is 0 Å². The van der Waals surface area contributed by atoms with Crippen LogP contribution in [-0.4, -0.2) is 24.1 Å². The smallest absolute Gasteiger partial charge is 0.164 e. The molecule has 12 aromatic rings. The third-order valence-electron chi connectivity index (χ3n) is 12.2. The van der Waals surface area contributed by atoms with Crippen molar-refractivity contribution in [2.75, 3.05) is 0 Å². The van der Waals surface area contributed by atoms with Crippen LogP contribution in [0, 0.1) is 0 Å². The van der Waals surface area contributed by atoms with E-state index in [9.17, 15) is 0 Å². The molecule has 63 heavy (non-hydrogen) atoms. The highest BCUT2D eigenvalue weighted by atomic mass is 15.0. The van der Waals surface area contributed by atoms with Crippen molar-refractivity contribution < 1.29 is 0 Å². The van der Waals surface area contributed by atoms with Crippen LogP contribution in [0.4, 0.5) is 0 Å². The third kappa shape index (κ3) is 6.46. The maximum absolute atomic E-state index is 4.98. The van der Waals surface area contributed by atoms with E-state index in [1.807, 2.05) is 60.7 Å². The van der Waals surface area contributed by atoms with Crippen LogP contribution in [0.2, 0.25) is 0 Å². The molecule has 0 saturated carbocycles. The molecule has 0 aliphatic carbocycles. The van der Waals surface area contributed by atoms with Crippen LogP contribution in [0.5, 0.6) is 0 Å². The zero-order valence-corrected chi connectivity index (χ0v) is 34.3. The Hall–Kier alpha value is -8.41. The Morgan fingerprint density at radius 3 is 1.41 bits per heavy atom. The minimum atomic E-state index is 0.655. The number of fused-ring (bicyclic) bond motifs is 6. The fourth-order valence-corrected chi connectivity index (χ4v) is 9.29. The first kappa shape index (κ1) is 36.4. The second-order valence-corrected chi connectivity index (χ2v) is 16.1. The van der Waals surface area contributed by atoms with Crippen molar-refractivity contribution >= 4 is 43.6 Å². The Morgan fingerprint density at radius 1 is 0.302 bits per heavy atom. The lowest BCUT2D eigenvalue weighted by Crippen LogP contribution is -2.00. The summed E-state index contributed by atoms with van der Waals surface area (Å²) in [5.74, 6) is 1.97. The number of hydrogen-bond acceptors (Lipinski definition) is 3. The minimum Gasteiger partial charge on any atom is -0.309 e. The first-order chi connectivity index (χ1) is 31.2. The van der Waals surface area contributed by atoms with Gasteiger partial charge < -0.3 is 9.13 Å². The average molecular weight is 806 g/mol. The van der Waals surface area contributed by atoms with E-state index in [2.05, 4.69) is 173 Å². The van der Waals surface area contributed by atoms with Crippen LogP contribution in [-0.2, 0) is 6.42 Å². The lowest BCUT2D eigenvalue weighted by atomic mass is 10.0. The van der Waals surface area contributed by atoms with Gasteiger partial charge in [0.2, 0.25) is 0 Å². The summed E-state index contributed by atoms with van der Waals surface area (Å²) in [6.45, 7) is 0. The molecule has 0 atom stereocenters. The van der Waals surface area contributed by atoms with Gasteiger partial charge in [-0.2, -0.15) is 0 Å². The number of para-hydroxylation sites is 4. The maximum Gasteiger partial charge on any atom is 0.164 e. The van der Waals surface area contributed by atoms with Crippen LogP contribution < -0.4 is 0 Å². The van der Waals surface area contributed by atoms with E-state index in [1.54, 1.807) is 0 Å². The molecule has 0 spiro atoms. The molecule has 296 valence electrons. The van der Waals surface area contributed by atoms with Gasteiger partial charge in [-0.1, -0.05) is 176 Å². The molecule has 3 aromatic heterocycles. The second kappa shape index (κ2) is 15.2. The molecule has 0 aliphatic heterocycles. The molecule has 0 radical (unpaired) electrons. The number of aromatic nitrogens is 5. The topological polar surface area (TPSA) is 48.5 Å². The van der Waals surface area contributed by atoms with Crippen molar-refractivity contribution in [3.63, 3.8) is 0 Å². The maximum atomic E-state index is 4.98. The fourth-order valence-electron chi connectivity index (χ4n) is 9.29. The first-order valence-corrected chi connectivity index (χ1v) is 21.4. The van der Waals surface area contributed by atoms with E-state index >= 15 is 0 Å². The molecular weight excluding hydrogens is 767 g/mol. The van der Waals surface area contributed by atoms with Gasteiger partial charge in [0.05, 0.1) is 22.1 Å². The molecule has 9 aromatic carbocycles. The predicted octanol–water partition coefficient (Wildman–Crippen LogP) is 14.3. The van der Waals surface area contributed by atoms with E-state index in [-0.39, 0.29) is 0 Å². The molecule has 0 unspecified atom stereocenters. The summed E-state index contributed by atoms with van der Waals surface area (Å²) in [5.41, 5.74) is 14.7. The standard InChI is InChI=1S/C58H39N5/c1-3-17-41(18-4-1)56-59-57(42-19-5-2-6-20-42)61-58(60-56)44-22-13-16-40(37-44)36-39-32-34-45(35-33-39)63-54-31-12-9-26-50(54)51-28-15-27-47(55(51)63)43-21-14-23-46(38-43)62-52-29-10-7-24-48(52)49-25-8-11-30-53(49)62/h1-35,37-38H,36H2. The molecule has 0 amide bonds. The van der Waals surface area contributed by atoms with Crippen molar-refractivity contribution in [2.24, 2.45) is 0 Å². The lowest BCUT2D eigenvalue weighted by Gasteiger charge is -2.14. The summed E-state index contributed by atoms with van der Waals surface area (Å²) in [6, 6.07) is 79.7. The Kier molecular flexibility index (Phi) is 8.82. The Labute approximate surface area is 364 Å². The van der Waals surface area contributed by atoms with E-state index in [1.165, 1.54) is 65.9 Å². The number of hydrogen-bond donors (Lipinski definition) is 0. The highest BCUT2D eigenvalue weighted by Gasteiger charge is 2.19. The summed E-state index contributed by atoms with van der Waals surface area (Å²) in [4.78, 5) is 14.9. The molecule has 0 aliphatic rings. The van der Waals surface area contributed by atoms with Crippen LogP contribution in [0.25, 0.3) is 100 Å². The molecule has 12 rings (SSSR count). The van der Waals surface area contributed by atoms with Crippen molar-refractivity contribution in [1.29, 1.82) is 0 Å². The largest absolute Gasteiger partial charge is 0.309 e. The fraction of sp³-hybridized carbons (Fsp3) is 0.0172. The lowest BCUT2D eigenvalue weighted by molar-refractivity contribution is 1.07. The van der Waals surface area contributed by atoms with Crippen molar-refractivity contribution in [3.05, 3.63) is 236 Å².